The van der Waals surface area contributed by atoms with Crippen molar-refractivity contribution < 1.29 is 18.4 Å². The zero-order valence-corrected chi connectivity index (χ0v) is 9.19. The number of rotatable bonds is 2. The molecular formula is C8H8FN3O4S. The van der Waals surface area contributed by atoms with E-state index in [-0.39, 0.29) is 5.88 Å². The van der Waals surface area contributed by atoms with Gasteiger partial charge < -0.3 is 15.6 Å². The Morgan fingerprint density at radius 3 is 3.00 bits per heavy atom. The third kappa shape index (κ3) is 2.06. The van der Waals surface area contributed by atoms with Crippen molar-refractivity contribution in [3.05, 3.63) is 27.9 Å². The van der Waals surface area contributed by atoms with Crippen LogP contribution in [0.5, 0.6) is 0 Å². The van der Waals surface area contributed by atoms with E-state index in [9.17, 15) is 13.4 Å². The molecule has 1 aromatic rings. The van der Waals surface area contributed by atoms with E-state index in [2.05, 4.69) is 4.98 Å². The molecule has 0 fully saturated rings. The van der Waals surface area contributed by atoms with Crippen LogP contribution in [0, 0.1) is 5.82 Å². The Balaban J connectivity index is 2.44. The molecule has 0 aromatic carbocycles. The number of hydrogen-bond acceptors (Lipinski definition) is 6. The van der Waals surface area contributed by atoms with E-state index in [4.69, 9.17) is 15.6 Å². The second kappa shape index (κ2) is 4.26. The van der Waals surface area contributed by atoms with Crippen molar-refractivity contribution in [2.45, 2.75) is 5.44 Å². The molecule has 1 aliphatic rings. The molecule has 1 aromatic heterocycles. The fourth-order valence-electron chi connectivity index (χ4n) is 1.21. The highest BCUT2D eigenvalue weighted by Gasteiger charge is 2.27. The first kappa shape index (κ1) is 11.7. The molecular weight excluding hydrogens is 253 g/mol. The average Bonchev–Trinajstić information content (AvgIpc) is 2.65. The number of aliphatic hydroxyl groups excluding tert-OH is 1. The fourth-order valence-corrected chi connectivity index (χ4v) is 2.07. The Hall–Kier alpha value is -1.74. The summed E-state index contributed by atoms with van der Waals surface area (Å²) in [5, 5.41) is 9.92. The van der Waals surface area contributed by atoms with Crippen molar-refractivity contribution in [3.8, 4) is 0 Å². The van der Waals surface area contributed by atoms with Crippen LogP contribution in [0.25, 0.3) is 5.88 Å². The molecule has 17 heavy (non-hydrogen) atoms. The predicted octanol–water partition coefficient (Wildman–Crippen LogP) is -1.18. The lowest BCUT2D eigenvalue weighted by atomic mass is 10.5. The lowest BCUT2D eigenvalue weighted by Crippen LogP contribution is -2.25. The van der Waals surface area contributed by atoms with Gasteiger partial charge in [0.05, 0.1) is 29.0 Å². The summed E-state index contributed by atoms with van der Waals surface area (Å²) in [6.07, 6.45) is 0.785. The Morgan fingerprint density at radius 1 is 1.71 bits per heavy atom. The van der Waals surface area contributed by atoms with Crippen LogP contribution in [0.4, 0.5) is 10.2 Å². The van der Waals surface area contributed by atoms with Crippen LogP contribution >= 0.6 is 0 Å². The van der Waals surface area contributed by atoms with E-state index < -0.39 is 40.2 Å². The third-order valence-electron chi connectivity index (χ3n) is 2.02. The maximum absolute atomic E-state index is 13.1. The largest absolute Gasteiger partial charge is 0.458 e. The van der Waals surface area contributed by atoms with Crippen molar-refractivity contribution >= 4 is 22.5 Å². The SMILES string of the molecule is Nc1nc(=O)n(C2=CS(=O)C(CO)O2)cc1F. The fraction of sp³-hybridized carbons (Fsp3) is 0.250. The van der Waals surface area contributed by atoms with E-state index in [0.717, 1.165) is 16.2 Å². The number of nitrogens with two attached hydrogens (primary N) is 1. The lowest BCUT2D eigenvalue weighted by Gasteiger charge is -2.10. The Morgan fingerprint density at radius 2 is 2.41 bits per heavy atom. The molecule has 1 aliphatic heterocycles. The number of aromatic nitrogens is 2. The first-order chi connectivity index (χ1) is 8.02. The van der Waals surface area contributed by atoms with Gasteiger partial charge in [0.15, 0.2) is 11.6 Å². The summed E-state index contributed by atoms with van der Waals surface area (Å²) in [5.74, 6) is -1.56. The second-order valence-corrected chi connectivity index (χ2v) is 4.56. The molecule has 2 atom stereocenters. The van der Waals surface area contributed by atoms with Gasteiger partial charge in [0, 0.05) is 0 Å². The van der Waals surface area contributed by atoms with Crippen LogP contribution in [0.15, 0.2) is 16.4 Å². The van der Waals surface area contributed by atoms with Gasteiger partial charge in [-0.25, -0.2) is 13.8 Å². The molecule has 3 N–H and O–H groups in total. The maximum atomic E-state index is 13.1. The van der Waals surface area contributed by atoms with Crippen LogP contribution in [-0.4, -0.2) is 30.9 Å². The maximum Gasteiger partial charge on any atom is 0.356 e. The second-order valence-electron chi connectivity index (χ2n) is 3.14. The van der Waals surface area contributed by atoms with Crippen molar-refractivity contribution in [1.82, 2.24) is 9.55 Å². The van der Waals surface area contributed by atoms with Crippen molar-refractivity contribution in [2.75, 3.05) is 12.3 Å². The van der Waals surface area contributed by atoms with Gasteiger partial charge in [-0.15, -0.1) is 0 Å². The van der Waals surface area contributed by atoms with E-state index in [1.807, 2.05) is 0 Å². The number of ether oxygens (including phenoxy) is 1. The molecule has 2 rings (SSSR count). The molecule has 7 nitrogen and oxygen atoms in total. The number of halogens is 1. The lowest BCUT2D eigenvalue weighted by molar-refractivity contribution is 0.148. The topological polar surface area (TPSA) is 107 Å². The molecule has 0 amide bonds. The number of nitrogens with zero attached hydrogens (tertiary/aromatic N) is 2. The van der Waals surface area contributed by atoms with Gasteiger partial charge in [-0.05, 0) is 0 Å². The molecule has 0 radical (unpaired) electrons. The van der Waals surface area contributed by atoms with Gasteiger partial charge >= 0.3 is 5.69 Å². The van der Waals surface area contributed by atoms with Crippen LogP contribution in [0.3, 0.4) is 0 Å². The summed E-state index contributed by atoms with van der Waals surface area (Å²) < 4.78 is 30.2. The van der Waals surface area contributed by atoms with Crippen molar-refractivity contribution in [2.24, 2.45) is 0 Å². The normalized spacial score (nSPS) is 23.3. The molecule has 0 spiro atoms. The van der Waals surface area contributed by atoms with Gasteiger partial charge in [0.25, 0.3) is 0 Å². The highest BCUT2D eigenvalue weighted by molar-refractivity contribution is 7.88. The summed E-state index contributed by atoms with van der Waals surface area (Å²) in [7, 11) is -1.59. The summed E-state index contributed by atoms with van der Waals surface area (Å²) >= 11 is 0. The summed E-state index contributed by atoms with van der Waals surface area (Å²) in [5.41, 5.74) is 3.29. The minimum Gasteiger partial charge on any atom is -0.458 e. The van der Waals surface area contributed by atoms with E-state index in [1.165, 1.54) is 0 Å². The number of anilines is 1. The van der Waals surface area contributed by atoms with Gasteiger partial charge in [-0.2, -0.15) is 4.98 Å². The van der Waals surface area contributed by atoms with Gasteiger partial charge in [-0.1, -0.05) is 0 Å². The van der Waals surface area contributed by atoms with E-state index >= 15 is 0 Å². The quantitative estimate of drug-likeness (QED) is 0.693. The molecule has 9 heteroatoms. The highest BCUT2D eigenvalue weighted by Crippen LogP contribution is 2.20. The Labute approximate surface area is 96.8 Å². The van der Waals surface area contributed by atoms with Crippen LogP contribution in [0.1, 0.15) is 0 Å². The zero-order chi connectivity index (χ0) is 12.6. The molecule has 0 aliphatic carbocycles. The van der Waals surface area contributed by atoms with Crippen molar-refractivity contribution in [1.29, 1.82) is 0 Å². The first-order valence-corrected chi connectivity index (χ1v) is 5.74. The predicted molar refractivity (Wildman–Crippen MR) is 57.2 cm³/mol. The first-order valence-electron chi connectivity index (χ1n) is 4.46. The molecule has 2 heterocycles. The number of hydrogen-bond donors (Lipinski definition) is 2. The Kier molecular flexibility index (Phi) is 2.94. The van der Waals surface area contributed by atoms with Crippen LogP contribution in [0.2, 0.25) is 0 Å². The number of aliphatic hydroxyl groups is 1. The van der Waals surface area contributed by atoms with Gasteiger partial charge in [0.1, 0.15) is 0 Å². The monoisotopic (exact) mass is 261 g/mol. The summed E-state index contributed by atoms with van der Waals surface area (Å²) in [6.45, 7) is -0.480. The molecule has 2 unspecified atom stereocenters. The van der Waals surface area contributed by atoms with Gasteiger partial charge in [0.2, 0.25) is 11.3 Å². The third-order valence-corrected chi connectivity index (χ3v) is 3.22. The number of nitrogen functional groups attached to an aromatic ring is 1. The Bertz CT molecular complexity index is 570. The van der Waals surface area contributed by atoms with Gasteiger partial charge in [-0.3, -0.25) is 4.21 Å². The summed E-state index contributed by atoms with van der Waals surface area (Å²) in [4.78, 5) is 14.6. The zero-order valence-electron chi connectivity index (χ0n) is 8.37. The highest BCUT2D eigenvalue weighted by atomic mass is 32.2. The van der Waals surface area contributed by atoms with Crippen LogP contribution in [-0.2, 0) is 15.5 Å². The smallest absolute Gasteiger partial charge is 0.356 e. The molecule has 0 bridgehead atoms. The average molecular weight is 261 g/mol. The van der Waals surface area contributed by atoms with Crippen LogP contribution < -0.4 is 11.4 Å². The van der Waals surface area contributed by atoms with E-state index in [0.29, 0.717) is 0 Å². The van der Waals surface area contributed by atoms with E-state index in [1.54, 1.807) is 0 Å². The molecule has 92 valence electrons. The van der Waals surface area contributed by atoms with Crippen molar-refractivity contribution in [3.63, 3.8) is 0 Å². The minimum atomic E-state index is -1.59. The molecule has 0 saturated carbocycles. The minimum absolute atomic E-state index is 0.140. The standard InChI is InChI=1S/C8H8FN3O4S/c9-4-1-12(8(14)11-7(4)10)5-3-17(15)6(2-13)16-5/h1,3,6,13H,2H2,(H2,10,11,14). The summed E-state index contributed by atoms with van der Waals surface area (Å²) in [6, 6.07) is 0. The molecule has 0 saturated heterocycles.